The Balaban J connectivity index is 2.00. The zero-order chi connectivity index (χ0) is 10.3. The van der Waals surface area contributed by atoms with Crippen molar-refractivity contribution in [1.82, 2.24) is 5.32 Å². The van der Waals surface area contributed by atoms with Crippen molar-refractivity contribution >= 4 is 0 Å². The zero-order valence-corrected chi connectivity index (χ0v) is 9.47. The number of fused-ring (bicyclic) bond motifs is 2. The highest BCUT2D eigenvalue weighted by molar-refractivity contribution is 5.23. The average molecular weight is 203 g/mol. The lowest BCUT2D eigenvalue weighted by molar-refractivity contribution is 0.585. The summed E-state index contributed by atoms with van der Waals surface area (Å²) in [7, 11) is 0. The van der Waals surface area contributed by atoms with E-state index in [1.165, 1.54) is 62.7 Å². The Hall–Kier alpha value is -0.820. The number of nitrogens with one attached hydrogen (secondary N) is 1. The van der Waals surface area contributed by atoms with Crippen LogP contribution in [0.5, 0.6) is 0 Å². The highest BCUT2D eigenvalue weighted by Gasteiger charge is 1.99. The standard InChI is InChI=1S/C14H21N/c1-2-6-13-7-4-8-14(12-13)9-5-11-15-10-3-1/h4,7-8,12,15H,1-3,5-6,9-11H2. The van der Waals surface area contributed by atoms with Crippen LogP contribution in [0.2, 0.25) is 0 Å². The van der Waals surface area contributed by atoms with Crippen molar-refractivity contribution in [1.29, 1.82) is 0 Å². The molecular formula is C14H21N. The monoisotopic (exact) mass is 203 g/mol. The highest BCUT2D eigenvalue weighted by atomic mass is 14.8. The van der Waals surface area contributed by atoms with E-state index in [-0.39, 0.29) is 0 Å². The summed E-state index contributed by atoms with van der Waals surface area (Å²) < 4.78 is 0. The van der Waals surface area contributed by atoms with Gasteiger partial charge in [0, 0.05) is 0 Å². The fourth-order valence-electron chi connectivity index (χ4n) is 2.24. The third-order valence-electron chi connectivity index (χ3n) is 3.13. The molecule has 0 aliphatic carbocycles. The number of hydrogen-bond acceptors (Lipinski definition) is 1. The van der Waals surface area contributed by atoms with E-state index in [4.69, 9.17) is 0 Å². The predicted molar refractivity (Wildman–Crippen MR) is 65.2 cm³/mol. The first-order valence-electron chi connectivity index (χ1n) is 6.24. The van der Waals surface area contributed by atoms with Gasteiger partial charge in [0.05, 0.1) is 0 Å². The second kappa shape index (κ2) is 5.92. The molecule has 0 spiro atoms. The minimum atomic E-state index is 1.17. The smallest absolute Gasteiger partial charge is 0.00457 e. The SMILES string of the molecule is c1cc2cc(c1)CCCNCCCCC2. The third-order valence-corrected chi connectivity index (χ3v) is 3.13. The molecule has 15 heavy (non-hydrogen) atoms. The van der Waals surface area contributed by atoms with Crippen LogP contribution in [0.25, 0.3) is 0 Å². The summed E-state index contributed by atoms with van der Waals surface area (Å²) >= 11 is 0. The van der Waals surface area contributed by atoms with Gasteiger partial charge in [-0.1, -0.05) is 30.7 Å². The van der Waals surface area contributed by atoms with Gasteiger partial charge in [0.1, 0.15) is 0 Å². The first-order valence-corrected chi connectivity index (χ1v) is 6.24. The van der Waals surface area contributed by atoms with Crippen LogP contribution in [0.15, 0.2) is 24.3 Å². The second-order valence-electron chi connectivity index (χ2n) is 4.48. The molecule has 0 atom stereocenters. The molecule has 1 aliphatic rings. The van der Waals surface area contributed by atoms with Crippen molar-refractivity contribution < 1.29 is 0 Å². The van der Waals surface area contributed by atoms with Gasteiger partial charge in [-0.25, -0.2) is 0 Å². The average Bonchev–Trinajstić information content (AvgIpc) is 2.26. The largest absolute Gasteiger partial charge is 0.317 e. The lowest BCUT2D eigenvalue weighted by Crippen LogP contribution is -2.17. The Morgan fingerprint density at radius 1 is 0.800 bits per heavy atom. The number of benzene rings is 1. The molecule has 0 saturated carbocycles. The summed E-state index contributed by atoms with van der Waals surface area (Å²) in [5, 5.41) is 3.51. The molecule has 1 aromatic rings. The van der Waals surface area contributed by atoms with Crippen LogP contribution in [0.1, 0.15) is 36.8 Å². The maximum absolute atomic E-state index is 3.51. The van der Waals surface area contributed by atoms with E-state index in [0.29, 0.717) is 0 Å². The topological polar surface area (TPSA) is 12.0 Å². The summed E-state index contributed by atoms with van der Waals surface area (Å²) in [6, 6.07) is 9.13. The van der Waals surface area contributed by atoms with Gasteiger partial charge in [0.15, 0.2) is 0 Å². The molecule has 0 saturated heterocycles. The van der Waals surface area contributed by atoms with Gasteiger partial charge in [0.25, 0.3) is 0 Å². The molecular weight excluding hydrogens is 182 g/mol. The Morgan fingerprint density at radius 2 is 1.53 bits per heavy atom. The Bertz CT molecular complexity index is 268. The molecule has 1 aliphatic heterocycles. The van der Waals surface area contributed by atoms with Crippen LogP contribution in [-0.2, 0) is 12.8 Å². The molecule has 1 N–H and O–H groups in total. The number of hydrogen-bond donors (Lipinski definition) is 1. The van der Waals surface area contributed by atoms with Gasteiger partial charge >= 0.3 is 0 Å². The molecule has 1 nitrogen and oxygen atoms in total. The van der Waals surface area contributed by atoms with Gasteiger partial charge in [-0.2, -0.15) is 0 Å². The van der Waals surface area contributed by atoms with Gasteiger partial charge in [0.2, 0.25) is 0 Å². The maximum atomic E-state index is 3.51. The lowest BCUT2D eigenvalue weighted by atomic mass is 10.0. The van der Waals surface area contributed by atoms with Crippen molar-refractivity contribution in [2.24, 2.45) is 0 Å². The van der Waals surface area contributed by atoms with E-state index < -0.39 is 0 Å². The van der Waals surface area contributed by atoms with Crippen LogP contribution in [0.3, 0.4) is 0 Å². The molecule has 1 heterocycles. The Morgan fingerprint density at radius 3 is 2.40 bits per heavy atom. The van der Waals surface area contributed by atoms with E-state index in [9.17, 15) is 0 Å². The first-order chi connectivity index (χ1) is 7.45. The molecule has 0 aromatic heterocycles. The summed E-state index contributed by atoms with van der Waals surface area (Å²) in [6.07, 6.45) is 7.78. The lowest BCUT2D eigenvalue weighted by Gasteiger charge is -2.09. The highest BCUT2D eigenvalue weighted by Crippen LogP contribution is 2.11. The van der Waals surface area contributed by atoms with Crippen molar-refractivity contribution in [2.75, 3.05) is 13.1 Å². The van der Waals surface area contributed by atoms with Crippen LogP contribution in [-0.4, -0.2) is 13.1 Å². The third kappa shape index (κ3) is 3.67. The fraction of sp³-hybridized carbons (Fsp3) is 0.571. The predicted octanol–water partition coefficient (Wildman–Crippen LogP) is 2.94. The fourth-order valence-corrected chi connectivity index (χ4v) is 2.24. The van der Waals surface area contributed by atoms with Gasteiger partial charge in [-0.15, -0.1) is 0 Å². The van der Waals surface area contributed by atoms with Crippen LogP contribution >= 0.6 is 0 Å². The summed E-state index contributed by atoms with van der Waals surface area (Å²) in [5.41, 5.74) is 3.04. The van der Waals surface area contributed by atoms with E-state index in [0.717, 1.165) is 0 Å². The quantitative estimate of drug-likeness (QED) is 0.683. The Labute approximate surface area is 92.9 Å². The van der Waals surface area contributed by atoms with E-state index in [1.807, 2.05) is 0 Å². The zero-order valence-electron chi connectivity index (χ0n) is 9.47. The maximum Gasteiger partial charge on any atom is -0.00457 e. The molecule has 2 bridgehead atoms. The van der Waals surface area contributed by atoms with Crippen LogP contribution in [0.4, 0.5) is 0 Å². The van der Waals surface area contributed by atoms with Crippen molar-refractivity contribution in [3.05, 3.63) is 35.4 Å². The number of rotatable bonds is 0. The molecule has 0 fully saturated rings. The molecule has 1 heteroatoms. The van der Waals surface area contributed by atoms with Crippen LogP contribution < -0.4 is 5.32 Å². The molecule has 0 unspecified atom stereocenters. The Kier molecular flexibility index (Phi) is 4.22. The van der Waals surface area contributed by atoms with Crippen molar-refractivity contribution in [3.8, 4) is 0 Å². The second-order valence-corrected chi connectivity index (χ2v) is 4.48. The molecule has 0 amide bonds. The van der Waals surface area contributed by atoms with E-state index >= 15 is 0 Å². The van der Waals surface area contributed by atoms with E-state index in [2.05, 4.69) is 29.6 Å². The van der Waals surface area contributed by atoms with E-state index in [1.54, 1.807) is 0 Å². The summed E-state index contributed by atoms with van der Waals surface area (Å²) in [6.45, 7) is 2.37. The summed E-state index contributed by atoms with van der Waals surface area (Å²) in [4.78, 5) is 0. The molecule has 0 radical (unpaired) electrons. The minimum absolute atomic E-state index is 1.17. The van der Waals surface area contributed by atoms with Gasteiger partial charge in [-0.05, 0) is 56.3 Å². The molecule has 1 aromatic carbocycles. The molecule has 82 valence electrons. The van der Waals surface area contributed by atoms with Crippen molar-refractivity contribution in [3.63, 3.8) is 0 Å². The van der Waals surface area contributed by atoms with Gasteiger partial charge < -0.3 is 5.32 Å². The van der Waals surface area contributed by atoms with Gasteiger partial charge in [-0.3, -0.25) is 0 Å². The number of aryl methyl sites for hydroxylation is 2. The minimum Gasteiger partial charge on any atom is -0.317 e. The summed E-state index contributed by atoms with van der Waals surface area (Å²) in [5.74, 6) is 0. The molecule has 2 rings (SSSR count). The normalized spacial score (nSPS) is 18.9. The van der Waals surface area contributed by atoms with Crippen molar-refractivity contribution in [2.45, 2.75) is 38.5 Å². The first kappa shape index (κ1) is 10.7. The van der Waals surface area contributed by atoms with Crippen LogP contribution in [0, 0.1) is 0 Å².